The van der Waals surface area contributed by atoms with Crippen molar-refractivity contribution in [2.75, 3.05) is 6.54 Å². The number of benzene rings is 1. The van der Waals surface area contributed by atoms with E-state index in [1.54, 1.807) is 13.8 Å². The van der Waals surface area contributed by atoms with Crippen molar-refractivity contribution in [1.82, 2.24) is 10.6 Å². The maximum absolute atomic E-state index is 13.5. The highest BCUT2D eigenvalue weighted by atomic mass is 19.1. The largest absolute Gasteiger partial charge is 0.351 e. The molecule has 0 aliphatic rings. The minimum absolute atomic E-state index is 0.242. The van der Waals surface area contributed by atoms with E-state index in [1.165, 1.54) is 6.08 Å². The third-order valence-electron chi connectivity index (χ3n) is 2.85. The lowest BCUT2D eigenvalue weighted by Gasteiger charge is -2.21. The molecule has 4 nitrogen and oxygen atoms in total. The van der Waals surface area contributed by atoms with Crippen LogP contribution < -0.4 is 10.6 Å². The van der Waals surface area contributed by atoms with Gasteiger partial charge in [0.2, 0.25) is 5.91 Å². The van der Waals surface area contributed by atoms with Gasteiger partial charge < -0.3 is 10.6 Å². The van der Waals surface area contributed by atoms with Crippen LogP contribution in [0.2, 0.25) is 0 Å². The Kier molecular flexibility index (Phi) is 6.02. The van der Waals surface area contributed by atoms with Gasteiger partial charge in [-0.1, -0.05) is 26.0 Å². The molecule has 0 unspecified atom stereocenters. The molecule has 21 heavy (non-hydrogen) atoms. The summed E-state index contributed by atoms with van der Waals surface area (Å²) in [6, 6.07) is 2.25. The number of amides is 2. The van der Waals surface area contributed by atoms with Gasteiger partial charge in [0.05, 0.1) is 0 Å². The van der Waals surface area contributed by atoms with Crippen molar-refractivity contribution in [2.45, 2.75) is 19.9 Å². The SMILES string of the molecule is C=CCNC(=O)[C@H](NC(=O)c1c(F)cccc1F)C(C)C. The van der Waals surface area contributed by atoms with Gasteiger partial charge in [-0.15, -0.1) is 6.58 Å². The molecule has 0 radical (unpaired) electrons. The molecule has 0 spiro atoms. The summed E-state index contributed by atoms with van der Waals surface area (Å²) in [5, 5.41) is 4.90. The lowest BCUT2D eigenvalue weighted by atomic mass is 10.0. The predicted octanol–water partition coefficient (Wildman–Crippen LogP) is 2.02. The van der Waals surface area contributed by atoms with Crippen molar-refractivity contribution in [2.24, 2.45) is 5.92 Å². The van der Waals surface area contributed by atoms with Crippen molar-refractivity contribution in [3.8, 4) is 0 Å². The summed E-state index contributed by atoms with van der Waals surface area (Å²) < 4.78 is 27.1. The summed E-state index contributed by atoms with van der Waals surface area (Å²) in [6.07, 6.45) is 1.49. The molecule has 0 aliphatic carbocycles. The summed E-state index contributed by atoms with van der Waals surface area (Å²) in [6.45, 7) is 7.15. The molecule has 0 aliphatic heterocycles. The van der Waals surface area contributed by atoms with Crippen LogP contribution in [0.1, 0.15) is 24.2 Å². The molecule has 2 amide bonds. The minimum atomic E-state index is -0.971. The first kappa shape index (κ1) is 16.8. The standard InChI is InChI=1S/C15H18F2N2O2/c1-4-8-18-15(21)13(9(2)3)19-14(20)12-10(16)6-5-7-11(12)17/h4-7,9,13H,1,8H2,2-3H3,(H,18,21)(H,19,20)/t13-/m1/s1. The number of hydrogen-bond acceptors (Lipinski definition) is 2. The first-order valence-electron chi connectivity index (χ1n) is 6.52. The van der Waals surface area contributed by atoms with Gasteiger partial charge in [0.15, 0.2) is 0 Å². The van der Waals surface area contributed by atoms with E-state index in [-0.39, 0.29) is 12.5 Å². The molecule has 2 N–H and O–H groups in total. The van der Waals surface area contributed by atoms with E-state index in [0.29, 0.717) is 0 Å². The summed E-state index contributed by atoms with van der Waals surface area (Å²) in [4.78, 5) is 23.9. The smallest absolute Gasteiger partial charge is 0.257 e. The van der Waals surface area contributed by atoms with Gasteiger partial charge in [0, 0.05) is 6.54 Å². The van der Waals surface area contributed by atoms with Crippen LogP contribution in [-0.4, -0.2) is 24.4 Å². The second-order valence-corrected chi connectivity index (χ2v) is 4.83. The Bertz CT molecular complexity index is 524. The topological polar surface area (TPSA) is 58.2 Å². The average Bonchev–Trinajstić information content (AvgIpc) is 2.41. The van der Waals surface area contributed by atoms with E-state index in [1.807, 2.05) is 0 Å². The second-order valence-electron chi connectivity index (χ2n) is 4.83. The van der Waals surface area contributed by atoms with Gasteiger partial charge >= 0.3 is 0 Å². The molecule has 0 fully saturated rings. The Morgan fingerprint density at radius 2 is 1.86 bits per heavy atom. The summed E-state index contributed by atoms with van der Waals surface area (Å²) in [5.74, 6) is -3.58. The molecule has 0 saturated carbocycles. The van der Waals surface area contributed by atoms with E-state index in [9.17, 15) is 18.4 Å². The Morgan fingerprint density at radius 1 is 1.29 bits per heavy atom. The molecule has 114 valence electrons. The van der Waals surface area contributed by atoms with Gasteiger partial charge in [-0.3, -0.25) is 9.59 Å². The molecule has 6 heteroatoms. The average molecular weight is 296 g/mol. The van der Waals surface area contributed by atoms with Crippen molar-refractivity contribution in [1.29, 1.82) is 0 Å². The first-order valence-corrected chi connectivity index (χ1v) is 6.52. The van der Waals surface area contributed by atoms with Gasteiger partial charge in [0.1, 0.15) is 23.2 Å². The zero-order valence-corrected chi connectivity index (χ0v) is 12.0. The van der Waals surface area contributed by atoms with Crippen molar-refractivity contribution in [3.05, 3.63) is 48.1 Å². The fourth-order valence-corrected chi connectivity index (χ4v) is 1.75. The normalized spacial score (nSPS) is 11.9. The first-order chi connectivity index (χ1) is 9.88. The summed E-state index contributed by atoms with van der Waals surface area (Å²) >= 11 is 0. The molecular weight excluding hydrogens is 278 g/mol. The molecule has 1 atom stereocenters. The summed E-state index contributed by atoms with van der Waals surface area (Å²) in [5.41, 5.74) is -0.695. The van der Waals surface area contributed by atoms with Gasteiger partial charge in [-0.2, -0.15) is 0 Å². The third-order valence-corrected chi connectivity index (χ3v) is 2.85. The molecular formula is C15H18F2N2O2. The van der Waals surface area contributed by atoms with Crippen LogP contribution in [0.4, 0.5) is 8.78 Å². The van der Waals surface area contributed by atoms with E-state index < -0.39 is 35.1 Å². The van der Waals surface area contributed by atoms with Crippen LogP contribution in [0.25, 0.3) is 0 Å². The molecule has 0 aromatic heterocycles. The van der Waals surface area contributed by atoms with Crippen LogP contribution in [0, 0.1) is 17.6 Å². The number of halogens is 2. The van der Waals surface area contributed by atoms with Crippen LogP contribution in [-0.2, 0) is 4.79 Å². The monoisotopic (exact) mass is 296 g/mol. The van der Waals surface area contributed by atoms with Gasteiger partial charge in [0.25, 0.3) is 5.91 Å². The van der Waals surface area contributed by atoms with Crippen LogP contribution in [0.3, 0.4) is 0 Å². The maximum atomic E-state index is 13.5. The number of carbonyl (C=O) groups excluding carboxylic acids is 2. The lowest BCUT2D eigenvalue weighted by Crippen LogP contribution is -2.50. The van der Waals surface area contributed by atoms with E-state index in [2.05, 4.69) is 17.2 Å². The van der Waals surface area contributed by atoms with E-state index >= 15 is 0 Å². The quantitative estimate of drug-likeness (QED) is 0.789. The van der Waals surface area contributed by atoms with Crippen molar-refractivity contribution in [3.63, 3.8) is 0 Å². The molecule has 0 heterocycles. The fraction of sp³-hybridized carbons (Fsp3) is 0.333. The van der Waals surface area contributed by atoms with Crippen LogP contribution in [0.5, 0.6) is 0 Å². The Morgan fingerprint density at radius 3 is 2.33 bits per heavy atom. The van der Waals surface area contributed by atoms with Gasteiger partial charge in [-0.05, 0) is 18.1 Å². The second kappa shape index (κ2) is 7.52. The zero-order chi connectivity index (χ0) is 16.0. The highest BCUT2D eigenvalue weighted by Gasteiger charge is 2.26. The van der Waals surface area contributed by atoms with Crippen molar-refractivity contribution >= 4 is 11.8 Å². The highest BCUT2D eigenvalue weighted by molar-refractivity contribution is 5.98. The molecule has 0 saturated heterocycles. The minimum Gasteiger partial charge on any atom is -0.351 e. The maximum Gasteiger partial charge on any atom is 0.257 e. The Labute approximate surface area is 122 Å². The highest BCUT2D eigenvalue weighted by Crippen LogP contribution is 2.13. The van der Waals surface area contributed by atoms with Crippen LogP contribution in [0.15, 0.2) is 30.9 Å². The Hall–Kier alpha value is -2.24. The van der Waals surface area contributed by atoms with Crippen molar-refractivity contribution < 1.29 is 18.4 Å². The van der Waals surface area contributed by atoms with E-state index in [0.717, 1.165) is 18.2 Å². The Balaban J connectivity index is 2.91. The van der Waals surface area contributed by atoms with Gasteiger partial charge in [-0.25, -0.2) is 8.78 Å². The predicted molar refractivity (Wildman–Crippen MR) is 75.7 cm³/mol. The fourth-order valence-electron chi connectivity index (χ4n) is 1.75. The third kappa shape index (κ3) is 4.37. The number of rotatable bonds is 6. The van der Waals surface area contributed by atoms with Crippen LogP contribution >= 0.6 is 0 Å². The van der Waals surface area contributed by atoms with E-state index in [4.69, 9.17) is 0 Å². The summed E-state index contributed by atoms with van der Waals surface area (Å²) in [7, 11) is 0. The lowest BCUT2D eigenvalue weighted by molar-refractivity contribution is -0.123. The zero-order valence-electron chi connectivity index (χ0n) is 12.0. The number of carbonyl (C=O) groups is 2. The molecule has 1 aromatic carbocycles. The molecule has 1 rings (SSSR count). The molecule has 0 bridgehead atoms. The number of hydrogen-bond donors (Lipinski definition) is 2. The number of nitrogens with one attached hydrogen (secondary N) is 2. The molecule has 1 aromatic rings.